The van der Waals surface area contributed by atoms with Crippen molar-refractivity contribution in [3.63, 3.8) is 0 Å². The highest BCUT2D eigenvalue weighted by Gasteiger charge is 2.11. The van der Waals surface area contributed by atoms with Crippen LogP contribution in [0.25, 0.3) is 0 Å². The van der Waals surface area contributed by atoms with Crippen LogP contribution in [0.1, 0.15) is 50.7 Å². The molecular weight excluding hydrogens is 224 g/mol. The van der Waals surface area contributed by atoms with E-state index in [2.05, 4.69) is 53.0 Å². The molecule has 0 aliphatic rings. The first kappa shape index (κ1) is 12.9. The third kappa shape index (κ3) is 2.81. The molecule has 2 aromatic heterocycles. The molecule has 0 aliphatic carbocycles. The van der Waals surface area contributed by atoms with Gasteiger partial charge < -0.3 is 9.13 Å². The van der Waals surface area contributed by atoms with Gasteiger partial charge in [-0.1, -0.05) is 13.8 Å². The van der Waals surface area contributed by atoms with Gasteiger partial charge in [0.25, 0.3) is 0 Å². The second-order valence-corrected chi connectivity index (χ2v) is 5.24. The van der Waals surface area contributed by atoms with Crippen LogP contribution in [0.5, 0.6) is 0 Å². The van der Waals surface area contributed by atoms with E-state index in [-0.39, 0.29) is 0 Å². The van der Waals surface area contributed by atoms with Gasteiger partial charge in [-0.05, 0) is 20.3 Å². The third-order valence-corrected chi connectivity index (χ3v) is 3.27. The van der Waals surface area contributed by atoms with Gasteiger partial charge in [-0.2, -0.15) is 0 Å². The van der Waals surface area contributed by atoms with Gasteiger partial charge in [-0.3, -0.25) is 0 Å². The lowest BCUT2D eigenvalue weighted by atomic mass is 10.2. The van der Waals surface area contributed by atoms with E-state index in [0.29, 0.717) is 12.0 Å². The fourth-order valence-electron chi connectivity index (χ4n) is 2.21. The predicted octanol–water partition coefficient (Wildman–Crippen LogP) is 3.16. The Labute approximate surface area is 109 Å². The average Bonchev–Trinajstić information content (AvgIpc) is 2.94. The lowest BCUT2D eigenvalue weighted by Gasteiger charge is -2.15. The molecule has 1 unspecified atom stereocenters. The number of hydrogen-bond acceptors (Lipinski definition) is 2. The first-order valence-corrected chi connectivity index (χ1v) is 6.59. The molecule has 0 bridgehead atoms. The molecule has 0 amide bonds. The minimum absolute atomic E-state index is 0.468. The molecule has 0 saturated carbocycles. The molecule has 0 radical (unpaired) electrons. The van der Waals surface area contributed by atoms with Crippen LogP contribution < -0.4 is 0 Å². The van der Waals surface area contributed by atoms with Crippen molar-refractivity contribution in [3.05, 3.63) is 36.4 Å². The summed E-state index contributed by atoms with van der Waals surface area (Å²) in [5.41, 5.74) is 1.11. The Hall–Kier alpha value is -1.58. The second kappa shape index (κ2) is 5.38. The van der Waals surface area contributed by atoms with Crippen LogP contribution in [0.2, 0.25) is 0 Å². The molecule has 2 aromatic rings. The summed E-state index contributed by atoms with van der Waals surface area (Å²) in [5, 5.41) is 0. The molecule has 2 rings (SSSR count). The van der Waals surface area contributed by atoms with E-state index < -0.39 is 0 Å². The number of aryl methyl sites for hydroxylation is 2. The molecule has 18 heavy (non-hydrogen) atoms. The highest BCUT2D eigenvalue weighted by atomic mass is 15.1. The molecule has 2 heterocycles. The van der Waals surface area contributed by atoms with Crippen LogP contribution in [0.3, 0.4) is 0 Å². The molecule has 0 spiro atoms. The van der Waals surface area contributed by atoms with E-state index >= 15 is 0 Å². The molecule has 0 saturated heterocycles. The van der Waals surface area contributed by atoms with Crippen LogP contribution in [-0.2, 0) is 6.54 Å². The van der Waals surface area contributed by atoms with Gasteiger partial charge in [0.2, 0.25) is 0 Å². The Balaban J connectivity index is 2.02. The highest BCUT2D eigenvalue weighted by Crippen LogP contribution is 2.17. The van der Waals surface area contributed by atoms with E-state index in [1.807, 2.05) is 18.7 Å². The van der Waals surface area contributed by atoms with E-state index in [4.69, 9.17) is 0 Å². The van der Waals surface area contributed by atoms with Gasteiger partial charge in [-0.15, -0.1) is 0 Å². The van der Waals surface area contributed by atoms with E-state index in [1.165, 1.54) is 5.82 Å². The SMILES string of the molecule is Cc1cn(CCC(C)n2ccnc2)c(C(C)C)n1. The average molecular weight is 246 g/mol. The molecule has 98 valence electrons. The molecule has 4 nitrogen and oxygen atoms in total. The predicted molar refractivity (Wildman–Crippen MR) is 72.6 cm³/mol. The first-order valence-electron chi connectivity index (χ1n) is 6.59. The van der Waals surface area contributed by atoms with Crippen molar-refractivity contribution in [2.45, 2.75) is 52.6 Å². The lowest BCUT2D eigenvalue weighted by Crippen LogP contribution is -2.10. The van der Waals surface area contributed by atoms with Crippen molar-refractivity contribution in [2.24, 2.45) is 0 Å². The summed E-state index contributed by atoms with van der Waals surface area (Å²) in [5.74, 6) is 1.66. The van der Waals surface area contributed by atoms with Gasteiger partial charge in [0.05, 0.1) is 12.0 Å². The highest BCUT2D eigenvalue weighted by molar-refractivity contribution is 5.05. The summed E-state index contributed by atoms with van der Waals surface area (Å²) in [6.45, 7) is 9.67. The van der Waals surface area contributed by atoms with E-state index in [0.717, 1.165) is 18.7 Å². The van der Waals surface area contributed by atoms with Gasteiger partial charge in [0.1, 0.15) is 5.82 Å². The number of rotatable bonds is 5. The maximum atomic E-state index is 4.59. The normalized spacial score (nSPS) is 13.2. The maximum absolute atomic E-state index is 4.59. The van der Waals surface area contributed by atoms with Gasteiger partial charge in [0, 0.05) is 37.1 Å². The Kier molecular flexibility index (Phi) is 3.84. The maximum Gasteiger partial charge on any atom is 0.111 e. The smallest absolute Gasteiger partial charge is 0.111 e. The molecule has 4 heteroatoms. The molecule has 1 atom stereocenters. The zero-order valence-corrected chi connectivity index (χ0v) is 11.7. The van der Waals surface area contributed by atoms with E-state index in [1.54, 1.807) is 0 Å². The van der Waals surface area contributed by atoms with Crippen LogP contribution in [0.15, 0.2) is 24.9 Å². The van der Waals surface area contributed by atoms with Crippen molar-refractivity contribution < 1.29 is 0 Å². The van der Waals surface area contributed by atoms with Gasteiger partial charge >= 0.3 is 0 Å². The monoisotopic (exact) mass is 246 g/mol. The molecular formula is C14H22N4. The van der Waals surface area contributed by atoms with Crippen LogP contribution >= 0.6 is 0 Å². The van der Waals surface area contributed by atoms with Crippen molar-refractivity contribution in [1.29, 1.82) is 0 Å². The second-order valence-electron chi connectivity index (χ2n) is 5.24. The van der Waals surface area contributed by atoms with Crippen molar-refractivity contribution >= 4 is 0 Å². The Morgan fingerprint density at radius 3 is 2.67 bits per heavy atom. The minimum atomic E-state index is 0.468. The summed E-state index contributed by atoms with van der Waals surface area (Å²) >= 11 is 0. The molecule has 0 aromatic carbocycles. The molecule has 0 aliphatic heterocycles. The topological polar surface area (TPSA) is 35.6 Å². The van der Waals surface area contributed by atoms with Crippen LogP contribution in [0.4, 0.5) is 0 Å². The van der Waals surface area contributed by atoms with Crippen molar-refractivity contribution in [3.8, 4) is 0 Å². The number of nitrogens with zero attached hydrogens (tertiary/aromatic N) is 4. The van der Waals surface area contributed by atoms with Crippen LogP contribution in [-0.4, -0.2) is 19.1 Å². The van der Waals surface area contributed by atoms with E-state index in [9.17, 15) is 0 Å². The lowest BCUT2D eigenvalue weighted by molar-refractivity contribution is 0.454. The van der Waals surface area contributed by atoms with Gasteiger partial charge in [0.15, 0.2) is 0 Å². The quantitative estimate of drug-likeness (QED) is 0.812. The number of aromatic nitrogens is 4. The van der Waals surface area contributed by atoms with Crippen LogP contribution in [0, 0.1) is 6.92 Å². The number of imidazole rings is 2. The van der Waals surface area contributed by atoms with Gasteiger partial charge in [-0.25, -0.2) is 9.97 Å². The Morgan fingerprint density at radius 2 is 2.06 bits per heavy atom. The largest absolute Gasteiger partial charge is 0.335 e. The third-order valence-electron chi connectivity index (χ3n) is 3.27. The van der Waals surface area contributed by atoms with Crippen molar-refractivity contribution in [1.82, 2.24) is 19.1 Å². The summed E-state index contributed by atoms with van der Waals surface area (Å²) in [7, 11) is 0. The fourth-order valence-corrected chi connectivity index (χ4v) is 2.21. The first-order chi connectivity index (χ1) is 8.58. The summed E-state index contributed by atoms with van der Waals surface area (Å²) in [4.78, 5) is 8.69. The Bertz CT molecular complexity index is 482. The summed E-state index contributed by atoms with van der Waals surface area (Å²) < 4.78 is 4.44. The van der Waals surface area contributed by atoms with Crippen molar-refractivity contribution in [2.75, 3.05) is 0 Å². The fraction of sp³-hybridized carbons (Fsp3) is 0.571. The zero-order chi connectivity index (χ0) is 13.1. The number of hydrogen-bond donors (Lipinski definition) is 0. The minimum Gasteiger partial charge on any atom is -0.335 e. The standard InChI is InChI=1S/C14H22N4/c1-11(2)14-16-12(3)9-17(14)7-5-13(4)18-8-6-15-10-18/h6,8-11,13H,5,7H2,1-4H3. The molecule has 0 fully saturated rings. The summed E-state index contributed by atoms with van der Waals surface area (Å²) in [6, 6.07) is 0.468. The zero-order valence-electron chi connectivity index (χ0n) is 11.7. The molecule has 0 N–H and O–H groups in total. The summed E-state index contributed by atoms with van der Waals surface area (Å²) in [6.07, 6.45) is 8.97. The Morgan fingerprint density at radius 1 is 1.28 bits per heavy atom.